The number of alkyl halides is 3. The van der Waals surface area contributed by atoms with Crippen molar-refractivity contribution >= 4 is 17.4 Å². The Hall–Kier alpha value is -1.32. The van der Waals surface area contributed by atoms with E-state index >= 15 is 0 Å². The van der Waals surface area contributed by atoms with Crippen LogP contribution in [0.4, 0.5) is 18.0 Å². The number of ether oxygens (including phenoxy) is 2. The molecule has 1 aromatic rings. The summed E-state index contributed by atoms with van der Waals surface area (Å²) in [6.07, 6.45) is -5.30. The molecule has 3 heterocycles. The Morgan fingerprint density at radius 1 is 1.42 bits per heavy atom. The first-order chi connectivity index (χ1) is 12.1. The number of thiophene rings is 1. The van der Waals surface area contributed by atoms with Crippen molar-refractivity contribution in [1.82, 2.24) is 10.2 Å². The molecule has 0 bridgehead atoms. The van der Waals surface area contributed by atoms with E-state index in [1.807, 2.05) is 17.5 Å². The highest BCUT2D eigenvalue weighted by molar-refractivity contribution is 7.10. The highest BCUT2D eigenvalue weighted by atomic mass is 32.1. The Labute approximate surface area is 154 Å². The Balaban J connectivity index is 1.61. The first-order valence-electron chi connectivity index (χ1n) is 8.59. The molecule has 26 heavy (non-hydrogen) atoms. The number of carbonyl (C=O) groups is 1. The van der Waals surface area contributed by atoms with Crippen LogP contribution in [0.3, 0.4) is 0 Å². The number of amides is 2. The Kier molecular flexibility index (Phi) is 5.50. The fraction of sp³-hybridized carbons (Fsp3) is 0.706. The molecule has 2 aliphatic heterocycles. The SMILES string of the molecule is CC1(C)CN(C(=O)NC2CCOC(c3cccs3)C2)CC(C(F)(F)F)O1. The van der Waals surface area contributed by atoms with Gasteiger partial charge >= 0.3 is 12.2 Å². The minimum absolute atomic E-state index is 0.0851. The van der Waals surface area contributed by atoms with Gasteiger partial charge in [-0.25, -0.2) is 4.79 Å². The molecule has 0 aliphatic carbocycles. The summed E-state index contributed by atoms with van der Waals surface area (Å²) < 4.78 is 50.1. The standard InChI is InChI=1S/C17H23F3N2O3S/c1-16(2)10-22(9-14(25-16)17(18,19)20)15(23)21-11-5-6-24-12(8-11)13-4-3-7-26-13/h3-4,7,11-12,14H,5-6,8-10H2,1-2H3,(H,21,23). The third kappa shape index (κ3) is 4.69. The van der Waals surface area contributed by atoms with E-state index in [1.165, 1.54) is 4.90 Å². The smallest absolute Gasteiger partial charge is 0.373 e. The van der Waals surface area contributed by atoms with Crippen molar-refractivity contribution in [3.8, 4) is 0 Å². The van der Waals surface area contributed by atoms with Crippen LogP contribution < -0.4 is 5.32 Å². The van der Waals surface area contributed by atoms with E-state index in [4.69, 9.17) is 9.47 Å². The van der Waals surface area contributed by atoms with E-state index in [1.54, 1.807) is 25.2 Å². The van der Waals surface area contributed by atoms with Gasteiger partial charge in [-0.3, -0.25) is 0 Å². The van der Waals surface area contributed by atoms with Crippen molar-refractivity contribution in [3.63, 3.8) is 0 Å². The molecule has 0 radical (unpaired) electrons. The Morgan fingerprint density at radius 3 is 2.85 bits per heavy atom. The first-order valence-corrected chi connectivity index (χ1v) is 9.47. The van der Waals surface area contributed by atoms with Gasteiger partial charge in [-0.15, -0.1) is 11.3 Å². The third-order valence-corrected chi connectivity index (χ3v) is 5.51. The second-order valence-corrected chi connectivity index (χ2v) is 8.31. The van der Waals surface area contributed by atoms with Crippen molar-refractivity contribution in [2.24, 2.45) is 0 Å². The summed E-state index contributed by atoms with van der Waals surface area (Å²) in [4.78, 5) is 14.9. The molecule has 146 valence electrons. The summed E-state index contributed by atoms with van der Waals surface area (Å²) in [6.45, 7) is 3.26. The number of nitrogens with one attached hydrogen (secondary N) is 1. The highest BCUT2D eigenvalue weighted by Gasteiger charge is 2.49. The molecule has 0 saturated carbocycles. The van der Waals surface area contributed by atoms with E-state index in [-0.39, 0.29) is 18.7 Å². The molecule has 1 N–H and O–H groups in total. The van der Waals surface area contributed by atoms with Crippen molar-refractivity contribution in [3.05, 3.63) is 22.4 Å². The van der Waals surface area contributed by atoms with Gasteiger partial charge in [-0.2, -0.15) is 13.2 Å². The maximum absolute atomic E-state index is 13.1. The molecule has 3 unspecified atom stereocenters. The van der Waals surface area contributed by atoms with Gasteiger partial charge in [0.2, 0.25) is 0 Å². The molecule has 5 nitrogen and oxygen atoms in total. The average Bonchev–Trinajstić information content (AvgIpc) is 3.07. The summed E-state index contributed by atoms with van der Waals surface area (Å²) in [7, 11) is 0. The van der Waals surface area contributed by atoms with Crippen LogP contribution in [0.5, 0.6) is 0 Å². The van der Waals surface area contributed by atoms with E-state index in [0.717, 1.165) is 4.88 Å². The van der Waals surface area contributed by atoms with Crippen LogP contribution in [0.1, 0.15) is 37.7 Å². The number of halogens is 3. The van der Waals surface area contributed by atoms with Crippen LogP contribution in [0.15, 0.2) is 17.5 Å². The van der Waals surface area contributed by atoms with E-state index < -0.39 is 30.5 Å². The van der Waals surface area contributed by atoms with Crippen LogP contribution in [0, 0.1) is 0 Å². The zero-order chi connectivity index (χ0) is 18.9. The topological polar surface area (TPSA) is 50.8 Å². The fourth-order valence-corrected chi connectivity index (χ4v) is 4.16. The van der Waals surface area contributed by atoms with Gasteiger partial charge in [0.25, 0.3) is 0 Å². The molecule has 3 rings (SSSR count). The number of hydrogen-bond acceptors (Lipinski definition) is 4. The lowest BCUT2D eigenvalue weighted by molar-refractivity contribution is -0.267. The van der Waals surface area contributed by atoms with Gasteiger partial charge in [-0.1, -0.05) is 6.07 Å². The number of hydrogen-bond donors (Lipinski definition) is 1. The van der Waals surface area contributed by atoms with Gasteiger partial charge in [0.1, 0.15) is 0 Å². The van der Waals surface area contributed by atoms with Gasteiger partial charge in [0.15, 0.2) is 6.10 Å². The number of urea groups is 1. The van der Waals surface area contributed by atoms with Gasteiger partial charge in [0, 0.05) is 17.5 Å². The molecular formula is C17H23F3N2O3S. The first kappa shape index (κ1) is 19.4. The molecule has 1 aromatic heterocycles. The van der Waals surface area contributed by atoms with E-state index in [9.17, 15) is 18.0 Å². The summed E-state index contributed by atoms with van der Waals surface area (Å²) >= 11 is 1.59. The second-order valence-electron chi connectivity index (χ2n) is 7.33. The molecule has 2 aliphatic rings. The minimum atomic E-state index is -4.50. The molecule has 3 atom stereocenters. The van der Waals surface area contributed by atoms with Crippen molar-refractivity contribution in [2.75, 3.05) is 19.7 Å². The monoisotopic (exact) mass is 392 g/mol. The molecule has 0 aromatic carbocycles. The summed E-state index contributed by atoms with van der Waals surface area (Å²) in [5.41, 5.74) is -1.05. The maximum atomic E-state index is 13.1. The van der Waals surface area contributed by atoms with Crippen LogP contribution in [0.2, 0.25) is 0 Å². The summed E-state index contributed by atoms with van der Waals surface area (Å²) in [5.74, 6) is 0. The van der Waals surface area contributed by atoms with Crippen LogP contribution in [0.25, 0.3) is 0 Å². The second kappa shape index (κ2) is 7.36. The number of nitrogens with zero attached hydrogens (tertiary/aromatic N) is 1. The lowest BCUT2D eigenvalue weighted by atomic mass is 10.0. The minimum Gasteiger partial charge on any atom is -0.373 e. The Bertz CT molecular complexity index is 621. The fourth-order valence-electron chi connectivity index (χ4n) is 3.38. The Morgan fingerprint density at radius 2 is 2.19 bits per heavy atom. The van der Waals surface area contributed by atoms with Crippen molar-refractivity contribution in [1.29, 1.82) is 0 Å². The van der Waals surface area contributed by atoms with Crippen molar-refractivity contribution < 1.29 is 27.4 Å². The van der Waals surface area contributed by atoms with Gasteiger partial charge in [0.05, 0.1) is 24.8 Å². The van der Waals surface area contributed by atoms with Gasteiger partial charge in [-0.05, 0) is 38.1 Å². The van der Waals surface area contributed by atoms with Crippen LogP contribution in [-0.2, 0) is 9.47 Å². The van der Waals surface area contributed by atoms with E-state index in [2.05, 4.69) is 5.32 Å². The average molecular weight is 392 g/mol. The van der Waals surface area contributed by atoms with Crippen LogP contribution >= 0.6 is 11.3 Å². The number of morpholine rings is 1. The number of rotatable bonds is 2. The maximum Gasteiger partial charge on any atom is 0.416 e. The quantitative estimate of drug-likeness (QED) is 0.835. The predicted molar refractivity (Wildman–Crippen MR) is 91.1 cm³/mol. The predicted octanol–water partition coefficient (Wildman–Crippen LogP) is 3.72. The van der Waals surface area contributed by atoms with E-state index in [0.29, 0.717) is 19.4 Å². The molecule has 9 heteroatoms. The molecule has 0 spiro atoms. The molecule has 2 fully saturated rings. The highest BCUT2D eigenvalue weighted by Crippen LogP contribution is 2.33. The van der Waals surface area contributed by atoms with Crippen molar-refractivity contribution in [2.45, 2.75) is 56.7 Å². The normalized spacial score (nSPS) is 29.4. The van der Waals surface area contributed by atoms with Gasteiger partial charge < -0.3 is 19.7 Å². The summed E-state index contributed by atoms with van der Waals surface area (Å²) in [5, 5.41) is 4.85. The molecule has 2 amide bonds. The van der Waals surface area contributed by atoms with Crippen LogP contribution in [-0.4, -0.2) is 54.6 Å². The zero-order valence-corrected chi connectivity index (χ0v) is 15.5. The molecular weight excluding hydrogens is 369 g/mol. The lowest BCUT2D eigenvalue weighted by Gasteiger charge is -2.43. The molecule has 2 saturated heterocycles. The lowest BCUT2D eigenvalue weighted by Crippen LogP contribution is -2.61. The zero-order valence-electron chi connectivity index (χ0n) is 14.7. The third-order valence-electron chi connectivity index (χ3n) is 4.54. The largest absolute Gasteiger partial charge is 0.416 e. The number of carbonyl (C=O) groups excluding carboxylic acids is 1. The summed E-state index contributed by atoms with van der Waals surface area (Å²) in [6, 6.07) is 3.32.